The van der Waals surface area contributed by atoms with E-state index in [0.717, 1.165) is 12.8 Å². The Morgan fingerprint density at radius 3 is 2.47 bits per heavy atom. The van der Waals surface area contributed by atoms with Crippen LogP contribution in [0.15, 0.2) is 24.3 Å². The molecule has 1 saturated heterocycles. The Hall–Kier alpha value is -1.06. The van der Waals surface area contributed by atoms with Crippen molar-refractivity contribution >= 4 is 40.7 Å². The normalized spacial score (nSPS) is 30.6. The van der Waals surface area contributed by atoms with E-state index in [2.05, 4.69) is 0 Å². The fourth-order valence-electron chi connectivity index (χ4n) is 2.99. The number of carbonyl (C=O) groups is 2. The van der Waals surface area contributed by atoms with Crippen molar-refractivity contribution in [3.63, 3.8) is 0 Å². The summed E-state index contributed by atoms with van der Waals surface area (Å²) < 4.78 is 0. The van der Waals surface area contributed by atoms with Crippen LogP contribution >= 0.6 is 23.2 Å². The first kappa shape index (κ1) is 12.9. The van der Waals surface area contributed by atoms with Crippen molar-refractivity contribution in [1.82, 2.24) is 0 Å². The van der Waals surface area contributed by atoms with Crippen LogP contribution in [0.1, 0.15) is 25.7 Å². The molecule has 19 heavy (non-hydrogen) atoms. The first-order valence-corrected chi connectivity index (χ1v) is 7.12. The fourth-order valence-corrected chi connectivity index (χ4v) is 3.53. The lowest BCUT2D eigenvalue weighted by atomic mass is 9.80. The second kappa shape index (κ2) is 4.50. The van der Waals surface area contributed by atoms with Crippen molar-refractivity contribution in [1.29, 1.82) is 0 Å². The van der Waals surface area contributed by atoms with Crippen LogP contribution in [0.25, 0.3) is 0 Å². The van der Waals surface area contributed by atoms with Gasteiger partial charge in [0.1, 0.15) is 4.87 Å². The van der Waals surface area contributed by atoms with Gasteiger partial charge in [-0.3, -0.25) is 9.59 Å². The predicted octanol–water partition coefficient (Wildman–Crippen LogP) is 3.38. The fraction of sp³-hybridized carbons (Fsp3) is 0.429. The quantitative estimate of drug-likeness (QED) is 0.589. The summed E-state index contributed by atoms with van der Waals surface area (Å²) in [6.07, 6.45) is 3.12. The lowest BCUT2D eigenvalue weighted by molar-refractivity contribution is -0.122. The largest absolute Gasteiger partial charge is 0.274 e. The SMILES string of the molecule is O=C1C2CCCCC2(Cl)C(=O)N1c1ccc(Cl)cc1. The molecule has 2 fully saturated rings. The number of nitrogens with zero attached hydrogens (tertiary/aromatic N) is 1. The maximum atomic E-state index is 12.5. The minimum absolute atomic E-state index is 0.179. The van der Waals surface area contributed by atoms with Gasteiger partial charge in [0.05, 0.1) is 11.6 Å². The Morgan fingerprint density at radius 2 is 1.84 bits per heavy atom. The molecule has 3 nitrogen and oxygen atoms in total. The van der Waals surface area contributed by atoms with Gasteiger partial charge in [-0.25, -0.2) is 4.90 Å². The highest BCUT2D eigenvalue weighted by molar-refractivity contribution is 6.45. The lowest BCUT2D eigenvalue weighted by Crippen LogP contribution is -2.39. The van der Waals surface area contributed by atoms with Crippen LogP contribution in [0, 0.1) is 5.92 Å². The maximum Gasteiger partial charge on any atom is 0.255 e. The van der Waals surface area contributed by atoms with E-state index in [1.54, 1.807) is 24.3 Å². The third kappa shape index (κ3) is 1.87. The molecule has 1 aromatic carbocycles. The van der Waals surface area contributed by atoms with Gasteiger partial charge in [-0.1, -0.05) is 24.4 Å². The van der Waals surface area contributed by atoms with Gasteiger partial charge >= 0.3 is 0 Å². The summed E-state index contributed by atoms with van der Waals surface area (Å²) in [6, 6.07) is 6.69. The molecular weight excluding hydrogens is 285 g/mol. The minimum atomic E-state index is -1.03. The molecule has 2 unspecified atom stereocenters. The standard InChI is InChI=1S/C14H13Cl2NO2/c15-9-4-6-10(7-5-9)17-12(18)11-3-1-2-8-14(11,16)13(17)19/h4-7,11H,1-3,8H2. The predicted molar refractivity (Wildman–Crippen MR) is 74.5 cm³/mol. The number of hydrogen-bond donors (Lipinski definition) is 0. The summed E-state index contributed by atoms with van der Waals surface area (Å²) in [6.45, 7) is 0. The van der Waals surface area contributed by atoms with Gasteiger partial charge < -0.3 is 0 Å². The number of hydrogen-bond acceptors (Lipinski definition) is 2. The molecular formula is C14H13Cl2NO2. The molecule has 2 aliphatic rings. The number of amides is 2. The third-order valence-electron chi connectivity index (χ3n) is 4.00. The first-order chi connectivity index (χ1) is 9.04. The first-order valence-electron chi connectivity index (χ1n) is 6.37. The smallest absolute Gasteiger partial charge is 0.255 e. The summed E-state index contributed by atoms with van der Waals surface area (Å²) in [7, 11) is 0. The van der Waals surface area contributed by atoms with Crippen molar-refractivity contribution in [2.75, 3.05) is 4.90 Å². The highest BCUT2D eigenvalue weighted by Gasteiger charge is 2.59. The molecule has 0 spiro atoms. The molecule has 2 amide bonds. The number of benzene rings is 1. The van der Waals surface area contributed by atoms with E-state index in [0.29, 0.717) is 23.6 Å². The third-order valence-corrected chi connectivity index (χ3v) is 4.86. The van der Waals surface area contributed by atoms with Gasteiger partial charge in [0.2, 0.25) is 5.91 Å². The van der Waals surface area contributed by atoms with Gasteiger partial charge in [0.25, 0.3) is 5.91 Å². The molecule has 0 aromatic heterocycles. The van der Waals surface area contributed by atoms with E-state index < -0.39 is 4.87 Å². The summed E-state index contributed by atoms with van der Waals surface area (Å²) in [5, 5.41) is 0.570. The number of halogens is 2. The van der Waals surface area contributed by atoms with E-state index in [1.807, 2.05) is 0 Å². The van der Waals surface area contributed by atoms with Crippen molar-refractivity contribution in [3.8, 4) is 0 Å². The number of fused-ring (bicyclic) bond motifs is 1. The Kier molecular flexibility index (Phi) is 3.06. The van der Waals surface area contributed by atoms with Gasteiger partial charge in [0, 0.05) is 5.02 Å². The van der Waals surface area contributed by atoms with Crippen LogP contribution in [-0.4, -0.2) is 16.7 Å². The summed E-state index contributed by atoms with van der Waals surface area (Å²) in [5.41, 5.74) is 0.550. The molecule has 100 valence electrons. The summed E-state index contributed by atoms with van der Waals surface area (Å²) in [5.74, 6) is -0.848. The van der Waals surface area contributed by atoms with Crippen LogP contribution in [0.5, 0.6) is 0 Å². The average molecular weight is 298 g/mol. The monoisotopic (exact) mass is 297 g/mol. The minimum Gasteiger partial charge on any atom is -0.274 e. The Bertz CT molecular complexity index is 543. The highest BCUT2D eigenvalue weighted by atomic mass is 35.5. The highest BCUT2D eigenvalue weighted by Crippen LogP contribution is 2.47. The average Bonchev–Trinajstić information content (AvgIpc) is 2.60. The number of alkyl halides is 1. The molecule has 0 radical (unpaired) electrons. The van der Waals surface area contributed by atoms with Gasteiger partial charge in [0.15, 0.2) is 0 Å². The van der Waals surface area contributed by atoms with E-state index in [4.69, 9.17) is 23.2 Å². The number of anilines is 1. The molecule has 1 aliphatic carbocycles. The molecule has 1 heterocycles. The van der Waals surface area contributed by atoms with E-state index >= 15 is 0 Å². The molecule has 0 N–H and O–H groups in total. The maximum absolute atomic E-state index is 12.5. The van der Waals surface area contributed by atoms with Crippen LogP contribution < -0.4 is 4.90 Å². The molecule has 0 bridgehead atoms. The van der Waals surface area contributed by atoms with Crippen LogP contribution in [-0.2, 0) is 9.59 Å². The molecule has 2 atom stereocenters. The Balaban J connectivity index is 2.01. The zero-order valence-electron chi connectivity index (χ0n) is 10.2. The number of carbonyl (C=O) groups excluding carboxylic acids is 2. The molecule has 3 rings (SSSR count). The summed E-state index contributed by atoms with van der Waals surface area (Å²) in [4.78, 5) is 25.1. The summed E-state index contributed by atoms with van der Waals surface area (Å²) >= 11 is 12.3. The molecule has 1 aliphatic heterocycles. The van der Waals surface area contributed by atoms with Gasteiger partial charge in [-0.15, -0.1) is 11.6 Å². The van der Waals surface area contributed by atoms with Crippen LogP contribution in [0.4, 0.5) is 5.69 Å². The Morgan fingerprint density at radius 1 is 1.16 bits per heavy atom. The number of rotatable bonds is 1. The van der Waals surface area contributed by atoms with Crippen molar-refractivity contribution < 1.29 is 9.59 Å². The molecule has 1 aromatic rings. The van der Waals surface area contributed by atoms with Crippen molar-refractivity contribution in [2.24, 2.45) is 5.92 Å². The van der Waals surface area contributed by atoms with E-state index in [1.165, 1.54) is 4.90 Å². The zero-order valence-corrected chi connectivity index (χ0v) is 11.7. The lowest BCUT2D eigenvalue weighted by Gasteiger charge is -2.28. The van der Waals surface area contributed by atoms with E-state index in [9.17, 15) is 9.59 Å². The van der Waals surface area contributed by atoms with Crippen LogP contribution in [0.3, 0.4) is 0 Å². The van der Waals surface area contributed by atoms with Crippen molar-refractivity contribution in [2.45, 2.75) is 30.6 Å². The van der Waals surface area contributed by atoms with Crippen LogP contribution in [0.2, 0.25) is 5.02 Å². The van der Waals surface area contributed by atoms with E-state index in [-0.39, 0.29) is 17.7 Å². The molecule has 1 saturated carbocycles. The second-order valence-corrected chi connectivity index (χ2v) is 6.23. The second-order valence-electron chi connectivity index (χ2n) is 5.12. The van der Waals surface area contributed by atoms with Crippen molar-refractivity contribution in [3.05, 3.63) is 29.3 Å². The topological polar surface area (TPSA) is 37.4 Å². The van der Waals surface area contributed by atoms with Gasteiger partial charge in [-0.2, -0.15) is 0 Å². The van der Waals surface area contributed by atoms with Gasteiger partial charge in [-0.05, 0) is 37.1 Å². The Labute approximate surface area is 121 Å². The number of imide groups is 1. The zero-order chi connectivity index (χ0) is 13.6. The molecule has 5 heteroatoms.